The Morgan fingerprint density at radius 2 is 1.71 bits per heavy atom. The molecule has 2 nitrogen and oxygen atoms in total. The molecule has 21 heavy (non-hydrogen) atoms. The van der Waals surface area contributed by atoms with Gasteiger partial charge in [-0.05, 0) is 49.0 Å². The van der Waals surface area contributed by atoms with Crippen LogP contribution in [0.4, 0.5) is 0 Å². The van der Waals surface area contributed by atoms with Gasteiger partial charge >= 0.3 is 0 Å². The summed E-state index contributed by atoms with van der Waals surface area (Å²) in [4.78, 5) is 0. The number of fused-ring (bicyclic) bond motifs is 1. The van der Waals surface area contributed by atoms with E-state index in [2.05, 4.69) is 20.8 Å². The van der Waals surface area contributed by atoms with Gasteiger partial charge in [0.1, 0.15) is 11.9 Å². The molecule has 0 bridgehead atoms. The highest BCUT2D eigenvalue weighted by molar-refractivity contribution is 5.37. The van der Waals surface area contributed by atoms with Gasteiger partial charge in [-0.25, -0.2) is 0 Å². The highest BCUT2D eigenvalue weighted by Crippen LogP contribution is 2.44. The lowest BCUT2D eigenvalue weighted by molar-refractivity contribution is 0.0105. The van der Waals surface area contributed by atoms with Crippen molar-refractivity contribution in [3.05, 3.63) is 29.8 Å². The number of aliphatic hydroxyl groups is 1. The number of para-hydroxylation sites is 1. The molecule has 2 heteroatoms. The van der Waals surface area contributed by atoms with Gasteiger partial charge in [0.05, 0.1) is 6.10 Å². The number of rotatable bonds is 1. The molecule has 0 radical (unpaired) electrons. The van der Waals surface area contributed by atoms with E-state index in [4.69, 9.17) is 4.74 Å². The molecule has 1 aromatic rings. The summed E-state index contributed by atoms with van der Waals surface area (Å²) in [5.41, 5.74) is 1.38. The molecule has 0 aromatic heterocycles. The average Bonchev–Trinajstić information content (AvgIpc) is 2.46. The van der Waals surface area contributed by atoms with E-state index < -0.39 is 0 Å². The van der Waals surface area contributed by atoms with Gasteiger partial charge in [-0.15, -0.1) is 0 Å². The minimum Gasteiger partial charge on any atom is -0.490 e. The van der Waals surface area contributed by atoms with E-state index in [9.17, 15) is 5.11 Å². The molecule has 1 fully saturated rings. The highest BCUT2D eigenvalue weighted by atomic mass is 16.5. The predicted molar refractivity (Wildman–Crippen MR) is 85.3 cm³/mol. The summed E-state index contributed by atoms with van der Waals surface area (Å²) in [5, 5.41) is 10.4. The zero-order valence-corrected chi connectivity index (χ0v) is 13.5. The molecule has 2 aliphatic rings. The molecular formula is C19H28O2. The topological polar surface area (TPSA) is 29.5 Å². The van der Waals surface area contributed by atoms with Gasteiger partial charge in [0.15, 0.2) is 0 Å². The number of hydrogen-bond donors (Lipinski definition) is 1. The third-order valence-electron chi connectivity index (χ3n) is 5.53. The molecule has 1 N–H and O–H groups in total. The van der Waals surface area contributed by atoms with E-state index >= 15 is 0 Å². The molecule has 1 aromatic carbocycles. The van der Waals surface area contributed by atoms with Crippen molar-refractivity contribution in [3.63, 3.8) is 0 Å². The second-order valence-electron chi connectivity index (χ2n) is 7.92. The molecular weight excluding hydrogens is 260 g/mol. The lowest BCUT2D eigenvalue weighted by Gasteiger charge is -2.41. The highest BCUT2D eigenvalue weighted by Gasteiger charge is 2.37. The predicted octanol–water partition coefficient (Wildman–Crippen LogP) is 4.72. The van der Waals surface area contributed by atoms with E-state index in [1.165, 1.54) is 25.7 Å². The molecule has 0 spiro atoms. The fraction of sp³-hybridized carbons (Fsp3) is 0.684. The average molecular weight is 288 g/mol. The van der Waals surface area contributed by atoms with Gasteiger partial charge in [0.25, 0.3) is 0 Å². The van der Waals surface area contributed by atoms with Gasteiger partial charge < -0.3 is 9.84 Å². The summed E-state index contributed by atoms with van der Waals surface area (Å²) < 4.78 is 6.20. The van der Waals surface area contributed by atoms with Crippen LogP contribution in [0.2, 0.25) is 0 Å². The number of benzene rings is 1. The Bertz CT molecular complexity index is 481. The molecule has 1 aliphatic heterocycles. The van der Waals surface area contributed by atoms with E-state index in [0.717, 1.165) is 23.7 Å². The summed E-state index contributed by atoms with van der Waals surface area (Å²) in [5.74, 6) is 2.32. The number of ether oxygens (including phenoxy) is 1. The maximum absolute atomic E-state index is 10.4. The van der Waals surface area contributed by atoms with Crippen molar-refractivity contribution >= 4 is 0 Å². The van der Waals surface area contributed by atoms with Crippen LogP contribution < -0.4 is 4.74 Å². The Morgan fingerprint density at radius 1 is 1.05 bits per heavy atom. The first-order valence-corrected chi connectivity index (χ1v) is 8.39. The number of hydrogen-bond acceptors (Lipinski definition) is 2. The van der Waals surface area contributed by atoms with Crippen LogP contribution in [0.1, 0.15) is 64.5 Å². The molecule has 1 aliphatic carbocycles. The zero-order chi connectivity index (χ0) is 15.0. The van der Waals surface area contributed by atoms with Crippen molar-refractivity contribution in [1.82, 2.24) is 0 Å². The molecule has 116 valence electrons. The van der Waals surface area contributed by atoms with Crippen LogP contribution in [0, 0.1) is 17.3 Å². The Balaban J connectivity index is 1.65. The smallest absolute Gasteiger partial charge is 0.125 e. The standard InChI is InChI=1S/C19H28O2/c1-19(2,3)14-10-8-13(9-11-14)18-12-16(20)15-6-4-5-7-17(15)21-18/h4-7,13-14,16,18,20H,8-12H2,1-3H3. The van der Waals surface area contributed by atoms with Crippen LogP contribution in [-0.2, 0) is 0 Å². The van der Waals surface area contributed by atoms with Gasteiger partial charge in [-0.3, -0.25) is 0 Å². The van der Waals surface area contributed by atoms with E-state index in [1.807, 2.05) is 24.3 Å². The Hall–Kier alpha value is -1.02. The lowest BCUT2D eigenvalue weighted by Crippen LogP contribution is -2.36. The molecule has 1 heterocycles. The first kappa shape index (κ1) is 14.9. The Morgan fingerprint density at radius 3 is 2.38 bits per heavy atom. The third kappa shape index (κ3) is 3.11. The van der Waals surface area contributed by atoms with Crippen LogP contribution in [0.15, 0.2) is 24.3 Å². The lowest BCUT2D eigenvalue weighted by atomic mass is 9.68. The fourth-order valence-electron chi connectivity index (χ4n) is 4.07. The van der Waals surface area contributed by atoms with Crippen molar-refractivity contribution in [2.24, 2.45) is 17.3 Å². The molecule has 0 saturated heterocycles. The Kier molecular flexibility index (Phi) is 4.00. The van der Waals surface area contributed by atoms with E-state index in [0.29, 0.717) is 11.3 Å². The van der Waals surface area contributed by atoms with Crippen molar-refractivity contribution in [2.75, 3.05) is 0 Å². The summed E-state index contributed by atoms with van der Waals surface area (Å²) in [6.45, 7) is 7.07. The summed E-state index contributed by atoms with van der Waals surface area (Å²) >= 11 is 0. The van der Waals surface area contributed by atoms with Crippen molar-refractivity contribution in [2.45, 2.75) is 65.1 Å². The minimum atomic E-state index is -0.361. The molecule has 3 rings (SSSR count). The SMILES string of the molecule is CC(C)(C)C1CCC(C2CC(O)c3ccccc3O2)CC1. The Labute approximate surface area is 128 Å². The maximum atomic E-state index is 10.4. The van der Waals surface area contributed by atoms with Gasteiger partial charge in [0.2, 0.25) is 0 Å². The fourth-order valence-corrected chi connectivity index (χ4v) is 4.07. The van der Waals surface area contributed by atoms with Crippen molar-refractivity contribution < 1.29 is 9.84 Å². The summed E-state index contributed by atoms with van der Waals surface area (Å²) in [7, 11) is 0. The van der Waals surface area contributed by atoms with Gasteiger partial charge in [0, 0.05) is 12.0 Å². The number of aliphatic hydroxyl groups excluding tert-OH is 1. The normalized spacial score (nSPS) is 33.1. The van der Waals surface area contributed by atoms with Crippen molar-refractivity contribution in [1.29, 1.82) is 0 Å². The third-order valence-corrected chi connectivity index (χ3v) is 5.53. The quantitative estimate of drug-likeness (QED) is 0.810. The van der Waals surface area contributed by atoms with Crippen LogP contribution in [0.3, 0.4) is 0 Å². The minimum absolute atomic E-state index is 0.191. The summed E-state index contributed by atoms with van der Waals surface area (Å²) in [6, 6.07) is 7.93. The zero-order valence-electron chi connectivity index (χ0n) is 13.5. The van der Waals surface area contributed by atoms with Crippen LogP contribution >= 0.6 is 0 Å². The van der Waals surface area contributed by atoms with Crippen LogP contribution in [0.25, 0.3) is 0 Å². The van der Waals surface area contributed by atoms with E-state index in [-0.39, 0.29) is 12.2 Å². The molecule has 0 amide bonds. The molecule has 2 unspecified atom stereocenters. The van der Waals surface area contributed by atoms with Crippen LogP contribution in [0.5, 0.6) is 5.75 Å². The van der Waals surface area contributed by atoms with E-state index in [1.54, 1.807) is 0 Å². The molecule has 2 atom stereocenters. The second-order valence-corrected chi connectivity index (χ2v) is 7.92. The second kappa shape index (κ2) is 5.64. The maximum Gasteiger partial charge on any atom is 0.125 e. The molecule has 1 saturated carbocycles. The first-order chi connectivity index (χ1) is 9.95. The van der Waals surface area contributed by atoms with Crippen molar-refractivity contribution in [3.8, 4) is 5.75 Å². The monoisotopic (exact) mass is 288 g/mol. The van der Waals surface area contributed by atoms with Crippen LogP contribution in [-0.4, -0.2) is 11.2 Å². The first-order valence-electron chi connectivity index (χ1n) is 8.39. The summed E-state index contributed by atoms with van der Waals surface area (Å²) in [6.07, 6.45) is 5.65. The van der Waals surface area contributed by atoms with Gasteiger partial charge in [-0.1, -0.05) is 39.0 Å². The largest absolute Gasteiger partial charge is 0.490 e. The van der Waals surface area contributed by atoms with Gasteiger partial charge in [-0.2, -0.15) is 0 Å².